The number of H-pyrrole nitrogens is 1. The van der Waals surface area contributed by atoms with Crippen LogP contribution < -0.4 is 10.6 Å². The first-order valence-electron chi connectivity index (χ1n) is 5.71. The van der Waals surface area contributed by atoms with Crippen molar-refractivity contribution in [2.24, 2.45) is 0 Å². The number of esters is 1. The van der Waals surface area contributed by atoms with Gasteiger partial charge in [-0.2, -0.15) is 13.2 Å². The zero-order valence-corrected chi connectivity index (χ0v) is 10.9. The number of alkyl halides is 3. The Morgan fingerprint density at radius 3 is 2.60 bits per heavy atom. The number of amides is 2. The Labute approximate surface area is 112 Å². The Morgan fingerprint density at radius 2 is 2.05 bits per heavy atom. The van der Waals surface area contributed by atoms with Gasteiger partial charge in [-0.1, -0.05) is 0 Å². The minimum absolute atomic E-state index is 0.0561. The maximum Gasteiger partial charge on any atom is 0.405 e. The molecule has 1 aromatic heterocycles. The number of carbonyl (C=O) groups is 2. The minimum atomic E-state index is -4.50. The molecule has 1 aromatic rings. The van der Waals surface area contributed by atoms with Crippen LogP contribution in [-0.4, -0.2) is 36.3 Å². The number of hydrogen-bond donors (Lipinski definition) is 3. The van der Waals surface area contributed by atoms with Crippen molar-refractivity contribution in [3.8, 4) is 0 Å². The number of ether oxygens (including phenoxy) is 1. The van der Waals surface area contributed by atoms with Gasteiger partial charge in [-0.15, -0.1) is 0 Å². The van der Waals surface area contributed by atoms with E-state index in [9.17, 15) is 22.8 Å². The summed E-state index contributed by atoms with van der Waals surface area (Å²) in [4.78, 5) is 25.7. The zero-order chi connectivity index (χ0) is 15.3. The average molecular weight is 293 g/mol. The SMILES string of the molecule is CCOC(=O)c1c(NC(=O)NCC(F)(F)F)c[nH]c1C. The lowest BCUT2D eigenvalue weighted by molar-refractivity contribution is -0.122. The third kappa shape index (κ3) is 4.48. The van der Waals surface area contributed by atoms with Gasteiger partial charge < -0.3 is 20.4 Å². The van der Waals surface area contributed by atoms with Crippen molar-refractivity contribution in [3.63, 3.8) is 0 Å². The van der Waals surface area contributed by atoms with Gasteiger partial charge in [0.15, 0.2) is 0 Å². The summed E-state index contributed by atoms with van der Waals surface area (Å²) in [5.41, 5.74) is 0.573. The van der Waals surface area contributed by atoms with E-state index in [0.717, 1.165) is 0 Å². The number of rotatable bonds is 4. The van der Waals surface area contributed by atoms with Crippen LogP contribution in [0.15, 0.2) is 6.20 Å². The molecule has 0 unspecified atom stereocenters. The molecule has 0 aliphatic carbocycles. The van der Waals surface area contributed by atoms with Crippen molar-refractivity contribution < 1.29 is 27.5 Å². The van der Waals surface area contributed by atoms with Gasteiger partial charge in [0.05, 0.1) is 12.3 Å². The predicted molar refractivity (Wildman–Crippen MR) is 64.6 cm³/mol. The number of aryl methyl sites for hydroxylation is 1. The van der Waals surface area contributed by atoms with E-state index >= 15 is 0 Å². The van der Waals surface area contributed by atoms with Crippen LogP contribution >= 0.6 is 0 Å². The quantitative estimate of drug-likeness (QED) is 0.744. The molecule has 0 aliphatic rings. The molecule has 3 N–H and O–H groups in total. The van der Waals surface area contributed by atoms with E-state index in [4.69, 9.17) is 4.74 Å². The first-order chi connectivity index (χ1) is 9.24. The van der Waals surface area contributed by atoms with Gasteiger partial charge in [0, 0.05) is 11.9 Å². The second-order valence-electron chi connectivity index (χ2n) is 3.85. The topological polar surface area (TPSA) is 83.2 Å². The summed E-state index contributed by atoms with van der Waals surface area (Å²) in [5.74, 6) is -0.669. The summed E-state index contributed by atoms with van der Waals surface area (Å²) in [5, 5.41) is 3.80. The summed E-state index contributed by atoms with van der Waals surface area (Å²) in [6.45, 7) is 1.87. The van der Waals surface area contributed by atoms with Crippen LogP contribution in [0.4, 0.5) is 23.7 Å². The third-order valence-corrected chi connectivity index (χ3v) is 2.25. The number of urea groups is 1. The Kier molecular flexibility index (Phi) is 5.00. The van der Waals surface area contributed by atoms with Crippen LogP contribution in [0, 0.1) is 6.92 Å². The van der Waals surface area contributed by atoms with Crippen molar-refractivity contribution in [1.29, 1.82) is 0 Å². The maximum absolute atomic E-state index is 11.9. The van der Waals surface area contributed by atoms with Crippen LogP contribution in [-0.2, 0) is 4.74 Å². The molecule has 112 valence electrons. The highest BCUT2D eigenvalue weighted by atomic mass is 19.4. The van der Waals surface area contributed by atoms with Crippen LogP contribution in [0.25, 0.3) is 0 Å². The molecule has 2 amide bonds. The van der Waals surface area contributed by atoms with E-state index < -0.39 is 24.7 Å². The molecule has 0 radical (unpaired) electrons. The van der Waals surface area contributed by atoms with Crippen molar-refractivity contribution in [2.45, 2.75) is 20.0 Å². The molecule has 20 heavy (non-hydrogen) atoms. The van der Waals surface area contributed by atoms with Crippen molar-refractivity contribution in [2.75, 3.05) is 18.5 Å². The van der Waals surface area contributed by atoms with Crippen LogP contribution in [0.2, 0.25) is 0 Å². The molecular weight excluding hydrogens is 279 g/mol. The normalized spacial score (nSPS) is 11.1. The number of halogens is 3. The van der Waals surface area contributed by atoms with Gasteiger partial charge in [-0.25, -0.2) is 9.59 Å². The van der Waals surface area contributed by atoms with E-state index in [2.05, 4.69) is 10.3 Å². The fourth-order valence-corrected chi connectivity index (χ4v) is 1.44. The number of anilines is 1. The lowest BCUT2D eigenvalue weighted by Gasteiger charge is -2.10. The van der Waals surface area contributed by atoms with E-state index in [1.54, 1.807) is 19.2 Å². The van der Waals surface area contributed by atoms with Crippen molar-refractivity contribution >= 4 is 17.7 Å². The first kappa shape index (κ1) is 15.9. The Morgan fingerprint density at radius 1 is 1.40 bits per heavy atom. The van der Waals surface area contributed by atoms with Gasteiger partial charge in [-0.3, -0.25) is 0 Å². The molecule has 9 heteroatoms. The largest absolute Gasteiger partial charge is 0.462 e. The van der Waals surface area contributed by atoms with Gasteiger partial charge in [-0.05, 0) is 13.8 Å². The highest BCUT2D eigenvalue weighted by Gasteiger charge is 2.28. The van der Waals surface area contributed by atoms with Gasteiger partial charge in [0.1, 0.15) is 12.1 Å². The second-order valence-corrected chi connectivity index (χ2v) is 3.85. The van der Waals surface area contributed by atoms with Gasteiger partial charge in [0.2, 0.25) is 0 Å². The Hall–Kier alpha value is -2.19. The number of carbonyl (C=O) groups excluding carboxylic acids is 2. The van der Waals surface area contributed by atoms with Gasteiger partial charge >= 0.3 is 18.2 Å². The molecule has 0 spiro atoms. The molecule has 0 fully saturated rings. The number of nitrogens with one attached hydrogen (secondary N) is 3. The lowest BCUT2D eigenvalue weighted by Crippen LogP contribution is -2.36. The average Bonchev–Trinajstić information content (AvgIpc) is 2.67. The smallest absolute Gasteiger partial charge is 0.405 e. The maximum atomic E-state index is 11.9. The van der Waals surface area contributed by atoms with Gasteiger partial charge in [0.25, 0.3) is 0 Å². The van der Waals surface area contributed by atoms with Crippen LogP contribution in [0.5, 0.6) is 0 Å². The summed E-state index contributed by atoms with van der Waals surface area (Å²) >= 11 is 0. The molecule has 0 aliphatic heterocycles. The molecule has 0 aromatic carbocycles. The Balaban J connectivity index is 2.73. The Bertz CT molecular complexity index is 497. The zero-order valence-electron chi connectivity index (χ0n) is 10.9. The number of hydrogen-bond acceptors (Lipinski definition) is 3. The summed E-state index contributed by atoms with van der Waals surface area (Å²) in [6.07, 6.45) is -3.20. The first-order valence-corrected chi connectivity index (χ1v) is 5.71. The molecule has 1 heterocycles. The third-order valence-electron chi connectivity index (χ3n) is 2.25. The van der Waals surface area contributed by atoms with E-state index in [0.29, 0.717) is 5.69 Å². The lowest BCUT2D eigenvalue weighted by atomic mass is 10.2. The molecule has 6 nitrogen and oxygen atoms in total. The highest BCUT2D eigenvalue weighted by molar-refractivity contribution is 6.01. The molecular formula is C11H14F3N3O3. The van der Waals surface area contributed by atoms with Crippen LogP contribution in [0.1, 0.15) is 23.0 Å². The van der Waals surface area contributed by atoms with E-state index in [-0.39, 0.29) is 17.9 Å². The highest BCUT2D eigenvalue weighted by Crippen LogP contribution is 2.20. The molecule has 0 atom stereocenters. The fourth-order valence-electron chi connectivity index (χ4n) is 1.44. The number of aromatic nitrogens is 1. The monoisotopic (exact) mass is 293 g/mol. The molecule has 0 saturated carbocycles. The second kappa shape index (κ2) is 6.31. The number of aromatic amines is 1. The summed E-state index contributed by atoms with van der Waals surface area (Å²) in [7, 11) is 0. The summed E-state index contributed by atoms with van der Waals surface area (Å²) < 4.78 is 40.6. The standard InChI is InChI=1S/C11H14F3N3O3/c1-3-20-9(18)8-6(2)15-4-7(8)17-10(19)16-5-11(12,13)14/h4,15H,3,5H2,1-2H3,(H2,16,17,19). The molecule has 1 rings (SSSR count). The minimum Gasteiger partial charge on any atom is -0.462 e. The molecule has 0 bridgehead atoms. The van der Waals surface area contributed by atoms with Crippen molar-refractivity contribution in [3.05, 3.63) is 17.5 Å². The molecule has 0 saturated heterocycles. The van der Waals surface area contributed by atoms with E-state index in [1.807, 2.05) is 0 Å². The summed E-state index contributed by atoms with van der Waals surface area (Å²) in [6, 6.07) is -1.06. The van der Waals surface area contributed by atoms with Crippen LogP contribution in [0.3, 0.4) is 0 Å². The van der Waals surface area contributed by atoms with Crippen molar-refractivity contribution in [1.82, 2.24) is 10.3 Å². The fraction of sp³-hybridized carbons (Fsp3) is 0.455. The van der Waals surface area contributed by atoms with E-state index in [1.165, 1.54) is 6.20 Å². The predicted octanol–water partition coefficient (Wildman–Crippen LogP) is 2.18.